The summed E-state index contributed by atoms with van der Waals surface area (Å²) in [7, 11) is 1.71. The summed E-state index contributed by atoms with van der Waals surface area (Å²) in [5, 5.41) is 7.49. The molecule has 168 valence electrons. The fourth-order valence-electron chi connectivity index (χ4n) is 2.88. The van der Waals surface area contributed by atoms with Crippen LogP contribution in [0, 0.1) is 6.92 Å². The summed E-state index contributed by atoms with van der Waals surface area (Å²) >= 11 is 1.41. The molecule has 0 bridgehead atoms. The lowest BCUT2D eigenvalue weighted by molar-refractivity contribution is 0.0523. The van der Waals surface area contributed by atoms with Crippen LogP contribution < -0.4 is 15.5 Å². The number of aromatic nitrogens is 2. The van der Waals surface area contributed by atoms with Crippen LogP contribution in [0.1, 0.15) is 41.8 Å². The summed E-state index contributed by atoms with van der Waals surface area (Å²) in [4.78, 5) is 35.0. The Morgan fingerprint density at radius 1 is 1.16 bits per heavy atom. The molecule has 0 saturated heterocycles. The lowest BCUT2D eigenvalue weighted by Crippen LogP contribution is -2.32. The Morgan fingerprint density at radius 2 is 1.88 bits per heavy atom. The number of anilines is 3. The third-order valence-electron chi connectivity index (χ3n) is 4.31. The zero-order valence-electron chi connectivity index (χ0n) is 18.8. The van der Waals surface area contributed by atoms with Gasteiger partial charge >= 0.3 is 6.09 Å². The van der Waals surface area contributed by atoms with E-state index >= 15 is 0 Å². The van der Waals surface area contributed by atoms with E-state index in [1.807, 2.05) is 52.0 Å². The van der Waals surface area contributed by atoms with E-state index in [-0.39, 0.29) is 5.91 Å². The number of hydrogen-bond acceptors (Lipinski definition) is 7. The van der Waals surface area contributed by atoms with Gasteiger partial charge in [-0.15, -0.1) is 11.3 Å². The molecule has 0 spiro atoms. The smallest absolute Gasteiger partial charge is 0.407 e. The maximum Gasteiger partial charge on any atom is 0.407 e. The number of ether oxygens (including phenoxy) is 1. The minimum Gasteiger partial charge on any atom is -0.444 e. The number of rotatable bonds is 6. The second kappa shape index (κ2) is 9.78. The summed E-state index contributed by atoms with van der Waals surface area (Å²) < 4.78 is 5.27. The van der Waals surface area contributed by atoms with Crippen LogP contribution in [0.5, 0.6) is 0 Å². The van der Waals surface area contributed by atoms with E-state index < -0.39 is 11.7 Å². The highest BCUT2D eigenvalue weighted by Gasteiger charge is 2.22. The van der Waals surface area contributed by atoms with Gasteiger partial charge in [0.05, 0.1) is 5.01 Å². The molecular formula is C23H27N5O3S. The third-order valence-corrected chi connectivity index (χ3v) is 5.20. The first-order valence-corrected chi connectivity index (χ1v) is 10.9. The Balaban J connectivity index is 1.72. The molecule has 0 saturated carbocycles. The van der Waals surface area contributed by atoms with Gasteiger partial charge in [0.25, 0.3) is 5.91 Å². The maximum absolute atomic E-state index is 13.1. The van der Waals surface area contributed by atoms with Gasteiger partial charge in [0.15, 0.2) is 5.69 Å². The average molecular weight is 454 g/mol. The summed E-state index contributed by atoms with van der Waals surface area (Å²) in [5.74, 6) is -0.217. The van der Waals surface area contributed by atoms with Crippen molar-refractivity contribution in [2.24, 2.45) is 0 Å². The first-order valence-electron chi connectivity index (χ1n) is 10.1. The molecule has 1 aromatic carbocycles. The Hall–Kier alpha value is -3.46. The number of nitrogens with one attached hydrogen (secondary N) is 2. The summed E-state index contributed by atoms with van der Waals surface area (Å²) in [5.41, 5.74) is 2.21. The van der Waals surface area contributed by atoms with Gasteiger partial charge in [-0.2, -0.15) is 0 Å². The molecule has 3 rings (SSSR count). The molecule has 9 heteroatoms. The zero-order chi connectivity index (χ0) is 23.3. The van der Waals surface area contributed by atoms with Crippen molar-refractivity contribution in [2.75, 3.05) is 17.3 Å². The Bertz CT molecular complexity index is 1090. The van der Waals surface area contributed by atoms with Gasteiger partial charge in [-0.05, 0) is 57.5 Å². The van der Waals surface area contributed by atoms with Crippen LogP contribution in [0.3, 0.4) is 0 Å². The molecule has 0 unspecified atom stereocenters. The number of thiazole rings is 1. The van der Waals surface area contributed by atoms with E-state index in [9.17, 15) is 9.59 Å². The van der Waals surface area contributed by atoms with Crippen molar-refractivity contribution < 1.29 is 14.3 Å². The number of benzene rings is 1. The summed E-state index contributed by atoms with van der Waals surface area (Å²) in [6.07, 6.45) is 2.81. The first kappa shape index (κ1) is 23.2. The highest BCUT2D eigenvalue weighted by atomic mass is 32.1. The van der Waals surface area contributed by atoms with E-state index in [0.29, 0.717) is 17.2 Å². The lowest BCUT2D eigenvalue weighted by atomic mass is 10.2. The fourth-order valence-corrected chi connectivity index (χ4v) is 3.71. The number of carbonyl (C=O) groups excluding carboxylic acids is 2. The van der Waals surface area contributed by atoms with E-state index in [1.54, 1.807) is 36.5 Å². The third kappa shape index (κ3) is 6.27. The number of nitrogens with zero attached hydrogens (tertiary/aromatic N) is 3. The lowest BCUT2D eigenvalue weighted by Gasteiger charge is -2.19. The zero-order valence-corrected chi connectivity index (χ0v) is 19.6. The number of aryl methyl sites for hydroxylation is 1. The molecule has 8 nitrogen and oxygen atoms in total. The largest absolute Gasteiger partial charge is 0.444 e. The highest BCUT2D eigenvalue weighted by molar-refractivity contribution is 7.16. The quantitative estimate of drug-likeness (QED) is 0.552. The SMILES string of the molecule is Cc1nc(C(=O)N(C)c2ccncc2)c(Nc2cccc(CNC(=O)OC(C)(C)C)c2)s1. The number of alkyl carbamates (subject to hydrolysis) is 1. The van der Waals surface area contributed by atoms with Gasteiger partial charge in [-0.3, -0.25) is 9.78 Å². The predicted octanol–water partition coefficient (Wildman–Crippen LogP) is 4.89. The van der Waals surface area contributed by atoms with Crippen molar-refractivity contribution in [2.45, 2.75) is 39.8 Å². The molecule has 0 aliphatic heterocycles. The molecule has 2 aromatic heterocycles. The van der Waals surface area contributed by atoms with Crippen LogP contribution in [-0.4, -0.2) is 34.6 Å². The van der Waals surface area contributed by atoms with Crippen molar-refractivity contribution in [3.8, 4) is 0 Å². The van der Waals surface area contributed by atoms with Gasteiger partial charge in [0.2, 0.25) is 0 Å². The van der Waals surface area contributed by atoms with Crippen molar-refractivity contribution >= 4 is 39.7 Å². The predicted molar refractivity (Wildman–Crippen MR) is 127 cm³/mol. The van der Waals surface area contributed by atoms with E-state index in [4.69, 9.17) is 4.74 Å². The van der Waals surface area contributed by atoms with Crippen LogP contribution in [0.4, 0.5) is 21.2 Å². The first-order chi connectivity index (χ1) is 15.1. The van der Waals surface area contributed by atoms with E-state index in [0.717, 1.165) is 21.9 Å². The standard InChI is InChI=1S/C23H27N5O3S/c1-15-26-19(21(29)28(5)18-9-11-24-12-10-18)20(32-15)27-17-8-6-7-16(13-17)14-25-22(30)31-23(2,3)4/h6-13,27H,14H2,1-5H3,(H,25,30). The molecule has 2 N–H and O–H groups in total. The molecule has 0 fully saturated rings. The van der Waals surface area contributed by atoms with Gasteiger partial charge in [-0.1, -0.05) is 12.1 Å². The normalized spacial score (nSPS) is 11.0. The molecule has 32 heavy (non-hydrogen) atoms. The molecule has 0 atom stereocenters. The maximum atomic E-state index is 13.1. The van der Waals surface area contributed by atoms with Crippen molar-refractivity contribution in [1.29, 1.82) is 0 Å². The van der Waals surface area contributed by atoms with Crippen LogP contribution in [-0.2, 0) is 11.3 Å². The Kier molecular flexibility index (Phi) is 7.09. The second-order valence-corrected chi connectivity index (χ2v) is 9.36. The minimum absolute atomic E-state index is 0.217. The summed E-state index contributed by atoms with van der Waals surface area (Å²) in [6, 6.07) is 11.1. The molecular weight excluding hydrogens is 426 g/mol. The fraction of sp³-hybridized carbons (Fsp3) is 0.304. The van der Waals surface area contributed by atoms with E-state index in [2.05, 4.69) is 20.6 Å². The Morgan fingerprint density at radius 3 is 2.56 bits per heavy atom. The minimum atomic E-state index is -0.552. The van der Waals surface area contributed by atoms with Crippen LogP contribution >= 0.6 is 11.3 Å². The van der Waals surface area contributed by atoms with Crippen molar-refractivity contribution in [1.82, 2.24) is 15.3 Å². The van der Waals surface area contributed by atoms with Gasteiger partial charge in [-0.25, -0.2) is 9.78 Å². The molecule has 0 aliphatic carbocycles. The van der Waals surface area contributed by atoms with Gasteiger partial charge < -0.3 is 20.3 Å². The number of hydrogen-bond donors (Lipinski definition) is 2. The second-order valence-electron chi connectivity index (χ2n) is 8.16. The van der Waals surface area contributed by atoms with Gasteiger partial charge in [0.1, 0.15) is 10.6 Å². The average Bonchev–Trinajstić information content (AvgIpc) is 3.11. The molecule has 2 heterocycles. The highest BCUT2D eigenvalue weighted by Crippen LogP contribution is 2.30. The van der Waals surface area contributed by atoms with Crippen molar-refractivity contribution in [3.63, 3.8) is 0 Å². The van der Waals surface area contributed by atoms with Crippen molar-refractivity contribution in [3.05, 3.63) is 65.1 Å². The number of amides is 2. The topological polar surface area (TPSA) is 96.5 Å². The monoisotopic (exact) mass is 453 g/mol. The van der Waals surface area contributed by atoms with Crippen LogP contribution in [0.2, 0.25) is 0 Å². The molecule has 2 amide bonds. The number of pyridine rings is 1. The molecule has 0 aliphatic rings. The van der Waals surface area contributed by atoms with Gasteiger partial charge in [0, 0.05) is 37.4 Å². The van der Waals surface area contributed by atoms with E-state index in [1.165, 1.54) is 11.3 Å². The molecule has 0 radical (unpaired) electrons. The summed E-state index contributed by atoms with van der Waals surface area (Å²) in [6.45, 7) is 7.64. The van der Waals surface area contributed by atoms with Crippen LogP contribution in [0.15, 0.2) is 48.8 Å². The Labute approximate surface area is 191 Å². The molecule has 3 aromatic rings. The van der Waals surface area contributed by atoms with Crippen LogP contribution in [0.25, 0.3) is 0 Å². The number of carbonyl (C=O) groups is 2.